The molecule has 1 aliphatic heterocycles. The Morgan fingerprint density at radius 2 is 1.93 bits per heavy atom. The molecule has 1 atom stereocenters. The summed E-state index contributed by atoms with van der Waals surface area (Å²) in [5.74, 6) is 1.35. The summed E-state index contributed by atoms with van der Waals surface area (Å²) in [6.45, 7) is 2.00. The minimum atomic E-state index is -0.0854. The van der Waals surface area contributed by atoms with E-state index in [9.17, 15) is 9.59 Å². The van der Waals surface area contributed by atoms with Crippen LogP contribution in [0.2, 0.25) is 0 Å². The van der Waals surface area contributed by atoms with Gasteiger partial charge >= 0.3 is 0 Å². The van der Waals surface area contributed by atoms with Gasteiger partial charge in [0.15, 0.2) is 0 Å². The van der Waals surface area contributed by atoms with Gasteiger partial charge < -0.3 is 19.4 Å². The van der Waals surface area contributed by atoms with Crippen molar-refractivity contribution in [2.75, 3.05) is 52.8 Å². The van der Waals surface area contributed by atoms with E-state index < -0.39 is 0 Å². The van der Waals surface area contributed by atoms with E-state index in [-0.39, 0.29) is 24.3 Å². The molecule has 2 aromatic rings. The molecule has 1 aliphatic rings. The number of ether oxygens (including phenoxy) is 1. The fraction of sp³-hybridized carbons (Fsp3) is 0.455. The van der Waals surface area contributed by atoms with Gasteiger partial charge in [0.25, 0.3) is 5.91 Å². The second-order valence-corrected chi connectivity index (χ2v) is 7.72. The van der Waals surface area contributed by atoms with Crippen LogP contribution in [0.1, 0.15) is 34.2 Å². The van der Waals surface area contributed by atoms with Crippen LogP contribution in [0, 0.1) is 0 Å². The summed E-state index contributed by atoms with van der Waals surface area (Å²) in [6.07, 6.45) is 0.422. The molecule has 0 N–H and O–H groups in total. The number of anilines is 1. The molecular weight excluding hydrogens is 382 g/mol. The summed E-state index contributed by atoms with van der Waals surface area (Å²) in [5, 5.41) is 0. The lowest BCUT2D eigenvalue weighted by molar-refractivity contribution is -0.128. The van der Waals surface area contributed by atoms with E-state index >= 15 is 0 Å². The summed E-state index contributed by atoms with van der Waals surface area (Å²) in [6, 6.07) is 11.1. The van der Waals surface area contributed by atoms with Crippen LogP contribution in [-0.2, 0) is 16.1 Å². The number of aromatic nitrogens is 2. The highest BCUT2D eigenvalue weighted by Crippen LogP contribution is 2.28. The number of amides is 2. The lowest BCUT2D eigenvalue weighted by Gasteiger charge is -2.20. The minimum absolute atomic E-state index is 0.00457. The molecule has 8 heteroatoms. The molecule has 3 rings (SSSR count). The predicted molar refractivity (Wildman–Crippen MR) is 114 cm³/mol. The van der Waals surface area contributed by atoms with Gasteiger partial charge in [0, 0.05) is 65.3 Å². The van der Waals surface area contributed by atoms with Crippen LogP contribution in [0.4, 0.5) is 5.82 Å². The van der Waals surface area contributed by atoms with Crippen LogP contribution in [0.25, 0.3) is 0 Å². The lowest BCUT2D eigenvalue weighted by Crippen LogP contribution is -2.29. The summed E-state index contributed by atoms with van der Waals surface area (Å²) in [5.41, 5.74) is 1.46. The van der Waals surface area contributed by atoms with Crippen molar-refractivity contribution in [2.24, 2.45) is 0 Å². The zero-order valence-electron chi connectivity index (χ0n) is 18.0. The van der Waals surface area contributed by atoms with E-state index in [0.29, 0.717) is 37.5 Å². The number of rotatable bonds is 8. The number of benzene rings is 1. The molecule has 0 spiro atoms. The van der Waals surface area contributed by atoms with Gasteiger partial charge in [-0.1, -0.05) is 18.2 Å². The molecule has 160 valence electrons. The first-order chi connectivity index (χ1) is 14.4. The number of methoxy groups -OCH3 is 1. The van der Waals surface area contributed by atoms with Crippen molar-refractivity contribution in [2.45, 2.75) is 18.9 Å². The Balaban J connectivity index is 1.80. The SMILES string of the molecule is COCCN1C[C@H](c2cc(N(C)C)nc(CN(C)C(=O)c3ccccc3)n2)CC1=O. The second kappa shape index (κ2) is 9.67. The van der Waals surface area contributed by atoms with Crippen molar-refractivity contribution < 1.29 is 14.3 Å². The van der Waals surface area contributed by atoms with Crippen LogP contribution >= 0.6 is 0 Å². The third kappa shape index (κ3) is 5.13. The number of hydrogen-bond acceptors (Lipinski definition) is 6. The lowest BCUT2D eigenvalue weighted by atomic mass is 10.0. The molecule has 30 heavy (non-hydrogen) atoms. The maximum atomic E-state index is 12.7. The smallest absolute Gasteiger partial charge is 0.254 e. The Hall–Kier alpha value is -3.00. The van der Waals surface area contributed by atoms with Crippen LogP contribution in [-0.4, -0.2) is 79.5 Å². The molecular formula is C22H29N5O3. The van der Waals surface area contributed by atoms with Crippen LogP contribution in [0.5, 0.6) is 0 Å². The number of nitrogens with zero attached hydrogens (tertiary/aromatic N) is 5. The van der Waals surface area contributed by atoms with Gasteiger partial charge in [0.2, 0.25) is 5.91 Å². The standard InChI is InChI=1S/C22H29N5O3/c1-25(2)20-13-18(17-12-21(28)27(14-17)10-11-30-4)23-19(24-20)15-26(3)22(29)16-8-6-5-7-9-16/h5-9,13,17H,10-12,14-15H2,1-4H3/t17-/m1/s1. The molecule has 2 amide bonds. The van der Waals surface area contributed by atoms with E-state index in [1.54, 1.807) is 31.2 Å². The first kappa shape index (κ1) is 21.7. The molecule has 1 aromatic carbocycles. The topological polar surface area (TPSA) is 78.9 Å². The van der Waals surface area contributed by atoms with Crippen molar-refractivity contribution in [3.05, 3.63) is 53.5 Å². The Bertz CT molecular complexity index is 888. The minimum Gasteiger partial charge on any atom is -0.383 e. The summed E-state index contributed by atoms with van der Waals surface area (Å²) < 4.78 is 5.10. The fourth-order valence-electron chi connectivity index (χ4n) is 3.48. The van der Waals surface area contributed by atoms with E-state index in [1.807, 2.05) is 48.2 Å². The average molecular weight is 412 g/mol. The Kier molecular flexibility index (Phi) is 6.99. The van der Waals surface area contributed by atoms with Crippen LogP contribution in [0.15, 0.2) is 36.4 Å². The van der Waals surface area contributed by atoms with Gasteiger partial charge in [-0.2, -0.15) is 0 Å². The van der Waals surface area contributed by atoms with Gasteiger partial charge in [-0.15, -0.1) is 0 Å². The number of hydrogen-bond donors (Lipinski definition) is 0. The zero-order chi connectivity index (χ0) is 21.7. The predicted octanol–water partition coefficient (Wildman–Crippen LogP) is 1.78. The van der Waals surface area contributed by atoms with E-state index in [2.05, 4.69) is 4.98 Å². The summed E-state index contributed by atoms with van der Waals surface area (Å²) in [4.78, 5) is 39.7. The molecule has 0 saturated carbocycles. The average Bonchev–Trinajstić information content (AvgIpc) is 3.12. The van der Waals surface area contributed by atoms with E-state index in [4.69, 9.17) is 9.72 Å². The van der Waals surface area contributed by atoms with E-state index in [1.165, 1.54) is 0 Å². The molecule has 0 unspecified atom stereocenters. The van der Waals surface area contributed by atoms with E-state index in [0.717, 1.165) is 11.5 Å². The third-order valence-corrected chi connectivity index (χ3v) is 5.18. The van der Waals surface area contributed by atoms with Crippen molar-refractivity contribution in [1.29, 1.82) is 0 Å². The number of carbonyl (C=O) groups excluding carboxylic acids is 2. The highest BCUT2D eigenvalue weighted by molar-refractivity contribution is 5.93. The normalized spacial score (nSPS) is 16.1. The molecule has 1 aromatic heterocycles. The second-order valence-electron chi connectivity index (χ2n) is 7.72. The third-order valence-electron chi connectivity index (χ3n) is 5.18. The zero-order valence-corrected chi connectivity index (χ0v) is 18.0. The van der Waals surface area contributed by atoms with Gasteiger partial charge in [-0.05, 0) is 12.1 Å². The summed E-state index contributed by atoms with van der Waals surface area (Å²) >= 11 is 0. The van der Waals surface area contributed by atoms with Gasteiger partial charge in [-0.25, -0.2) is 9.97 Å². The molecule has 0 aliphatic carbocycles. The maximum Gasteiger partial charge on any atom is 0.254 e. The number of carbonyl (C=O) groups is 2. The molecule has 8 nitrogen and oxygen atoms in total. The van der Waals surface area contributed by atoms with Gasteiger partial charge in [0.1, 0.15) is 11.6 Å². The number of likely N-dealkylation sites (tertiary alicyclic amines) is 1. The Labute approximate surface area is 177 Å². The van der Waals surface area contributed by atoms with Crippen molar-refractivity contribution >= 4 is 17.6 Å². The first-order valence-corrected chi connectivity index (χ1v) is 10.0. The van der Waals surface area contributed by atoms with Crippen LogP contribution in [0.3, 0.4) is 0 Å². The molecule has 0 bridgehead atoms. The quantitative estimate of drug-likeness (QED) is 0.659. The van der Waals surface area contributed by atoms with Crippen molar-refractivity contribution in [3.8, 4) is 0 Å². The van der Waals surface area contributed by atoms with Crippen molar-refractivity contribution in [3.63, 3.8) is 0 Å². The molecule has 1 fully saturated rings. The first-order valence-electron chi connectivity index (χ1n) is 10.0. The maximum absolute atomic E-state index is 12.7. The van der Waals surface area contributed by atoms with Gasteiger partial charge in [-0.3, -0.25) is 9.59 Å². The van der Waals surface area contributed by atoms with Crippen molar-refractivity contribution in [1.82, 2.24) is 19.8 Å². The highest BCUT2D eigenvalue weighted by Gasteiger charge is 2.32. The van der Waals surface area contributed by atoms with Gasteiger partial charge in [0.05, 0.1) is 18.8 Å². The molecule has 0 radical (unpaired) electrons. The highest BCUT2D eigenvalue weighted by atomic mass is 16.5. The fourth-order valence-corrected chi connectivity index (χ4v) is 3.48. The largest absolute Gasteiger partial charge is 0.383 e. The Morgan fingerprint density at radius 3 is 2.60 bits per heavy atom. The molecule has 2 heterocycles. The Morgan fingerprint density at radius 1 is 1.20 bits per heavy atom. The molecule has 1 saturated heterocycles. The monoisotopic (exact) mass is 411 g/mol. The van der Waals surface area contributed by atoms with Crippen LogP contribution < -0.4 is 4.90 Å². The summed E-state index contributed by atoms with van der Waals surface area (Å²) in [7, 11) is 7.20.